The third-order valence-electron chi connectivity index (χ3n) is 5.89. The summed E-state index contributed by atoms with van der Waals surface area (Å²) >= 11 is 0. The summed E-state index contributed by atoms with van der Waals surface area (Å²) in [4.78, 5) is 4.71. The van der Waals surface area contributed by atoms with E-state index in [1.165, 1.54) is 11.9 Å². The number of para-hydroxylation sites is 2. The van der Waals surface area contributed by atoms with Crippen LogP contribution in [0, 0.1) is 0 Å². The van der Waals surface area contributed by atoms with Crippen LogP contribution in [-0.4, -0.2) is 29.8 Å². The molecule has 6 aromatic rings. The molecule has 35 heavy (non-hydrogen) atoms. The maximum absolute atomic E-state index is 6.00. The number of hydrogen-bond donors (Lipinski definition) is 0. The molecule has 0 bridgehead atoms. The Morgan fingerprint density at radius 2 is 1.69 bits per heavy atom. The van der Waals surface area contributed by atoms with Crippen molar-refractivity contribution in [3.05, 3.63) is 114 Å². The van der Waals surface area contributed by atoms with Crippen molar-refractivity contribution in [2.45, 2.75) is 13.3 Å². The molecular formula is C28H22N6O. The molecule has 7 nitrogen and oxygen atoms in total. The Bertz CT molecular complexity index is 1620. The molecule has 0 saturated heterocycles. The van der Waals surface area contributed by atoms with Gasteiger partial charge in [0, 0.05) is 23.5 Å². The summed E-state index contributed by atoms with van der Waals surface area (Å²) in [7, 11) is 0. The molecule has 0 aliphatic heterocycles. The maximum atomic E-state index is 6.00. The Hall–Kier alpha value is -4.78. The van der Waals surface area contributed by atoms with Crippen LogP contribution in [0.3, 0.4) is 0 Å². The summed E-state index contributed by atoms with van der Waals surface area (Å²) in [6.45, 7) is 0.995. The van der Waals surface area contributed by atoms with E-state index in [-0.39, 0.29) is 6.73 Å². The van der Waals surface area contributed by atoms with E-state index in [0.29, 0.717) is 0 Å². The second-order valence-corrected chi connectivity index (χ2v) is 8.26. The van der Waals surface area contributed by atoms with Crippen molar-refractivity contribution in [2.75, 3.05) is 0 Å². The van der Waals surface area contributed by atoms with Gasteiger partial charge in [0.15, 0.2) is 6.73 Å². The molecule has 0 amide bonds. The minimum Gasteiger partial charge on any atom is -0.469 e. The molecule has 0 unspecified atom stereocenters. The molecule has 0 fully saturated rings. The highest BCUT2D eigenvalue weighted by molar-refractivity contribution is 5.86. The monoisotopic (exact) mass is 458 g/mol. The number of aromatic nitrogens is 6. The quantitative estimate of drug-likeness (QED) is 0.319. The maximum Gasteiger partial charge on any atom is 0.184 e. The van der Waals surface area contributed by atoms with Crippen LogP contribution in [0.4, 0.5) is 0 Å². The van der Waals surface area contributed by atoms with Crippen molar-refractivity contribution in [2.24, 2.45) is 0 Å². The van der Waals surface area contributed by atoms with Crippen LogP contribution in [0.1, 0.15) is 16.8 Å². The topological polar surface area (TPSA) is 70.7 Å². The smallest absolute Gasteiger partial charge is 0.184 e. The van der Waals surface area contributed by atoms with Gasteiger partial charge in [-0.05, 0) is 51.9 Å². The second kappa shape index (κ2) is 9.23. The molecule has 0 radical (unpaired) electrons. The summed E-state index contributed by atoms with van der Waals surface area (Å²) < 4.78 is 9.75. The lowest BCUT2D eigenvalue weighted by Gasteiger charge is -2.11. The molecule has 0 aliphatic rings. The summed E-state index contributed by atoms with van der Waals surface area (Å²) in [5.74, 6) is 0.797. The summed E-state index contributed by atoms with van der Waals surface area (Å²) in [6, 6.07) is 29.0. The first-order valence-corrected chi connectivity index (χ1v) is 11.4. The van der Waals surface area contributed by atoms with Crippen LogP contribution >= 0.6 is 0 Å². The Labute approximate surface area is 201 Å². The Morgan fingerprint density at radius 1 is 0.800 bits per heavy atom. The Morgan fingerprint density at radius 3 is 2.57 bits per heavy atom. The number of ether oxygens (including phenoxy) is 1. The fourth-order valence-electron chi connectivity index (χ4n) is 4.14. The van der Waals surface area contributed by atoms with E-state index in [9.17, 15) is 0 Å². The molecular weight excluding hydrogens is 436 g/mol. The summed E-state index contributed by atoms with van der Waals surface area (Å²) in [5.41, 5.74) is 5.34. The standard InChI is InChI=1S/C28H22N6O/c1-2-6-26-23(4-1)13-15-25(30-26)14-12-21-8-10-22(11-9-21)18-33-17-16-24-5-3-7-27(28(24)33)35-20-34-19-29-31-32-34/h1-17,19H,18,20H2/b14-12+. The average Bonchev–Trinajstić information content (AvgIpc) is 3.57. The first-order chi connectivity index (χ1) is 17.3. The number of nitrogens with zero attached hydrogens (tertiary/aromatic N) is 6. The van der Waals surface area contributed by atoms with Gasteiger partial charge < -0.3 is 9.30 Å². The number of tetrazole rings is 1. The van der Waals surface area contributed by atoms with Crippen molar-refractivity contribution in [3.63, 3.8) is 0 Å². The van der Waals surface area contributed by atoms with E-state index in [1.54, 1.807) is 4.68 Å². The molecule has 0 N–H and O–H groups in total. The first-order valence-electron chi connectivity index (χ1n) is 11.4. The third-order valence-corrected chi connectivity index (χ3v) is 5.89. The lowest BCUT2D eigenvalue weighted by molar-refractivity contribution is 0.220. The lowest BCUT2D eigenvalue weighted by Crippen LogP contribution is -2.07. The van der Waals surface area contributed by atoms with Crippen LogP contribution in [0.5, 0.6) is 5.75 Å². The molecule has 7 heteroatoms. The van der Waals surface area contributed by atoms with Crippen molar-refractivity contribution >= 4 is 34.0 Å². The van der Waals surface area contributed by atoms with E-state index >= 15 is 0 Å². The van der Waals surface area contributed by atoms with Gasteiger partial charge in [0.1, 0.15) is 12.1 Å². The van der Waals surface area contributed by atoms with Crippen molar-refractivity contribution in [1.82, 2.24) is 29.8 Å². The predicted octanol–water partition coefficient (Wildman–Crippen LogP) is 5.43. The highest BCUT2D eigenvalue weighted by Crippen LogP contribution is 2.28. The average molecular weight is 459 g/mol. The van der Waals surface area contributed by atoms with Gasteiger partial charge in [-0.15, -0.1) is 5.10 Å². The summed E-state index contributed by atoms with van der Waals surface area (Å²) in [5, 5.41) is 13.4. The fourth-order valence-corrected chi connectivity index (χ4v) is 4.14. The molecule has 0 aliphatic carbocycles. The SMILES string of the molecule is C(=C\c1ccc2ccccc2n1)/c1ccc(Cn2ccc3cccc(OCn4cnnn4)c32)cc1. The van der Waals surface area contributed by atoms with Crippen LogP contribution in [0.2, 0.25) is 0 Å². The minimum absolute atomic E-state index is 0.254. The zero-order chi connectivity index (χ0) is 23.5. The number of pyridine rings is 1. The highest BCUT2D eigenvalue weighted by Gasteiger charge is 2.09. The van der Waals surface area contributed by atoms with Crippen molar-refractivity contribution in [1.29, 1.82) is 0 Å². The van der Waals surface area contributed by atoms with E-state index in [4.69, 9.17) is 9.72 Å². The van der Waals surface area contributed by atoms with Crippen molar-refractivity contribution < 1.29 is 4.74 Å². The number of fused-ring (bicyclic) bond motifs is 2. The lowest BCUT2D eigenvalue weighted by atomic mass is 10.1. The molecule has 3 aromatic carbocycles. The molecule has 170 valence electrons. The zero-order valence-corrected chi connectivity index (χ0v) is 18.9. The van der Waals surface area contributed by atoms with Crippen LogP contribution < -0.4 is 4.74 Å². The fraction of sp³-hybridized carbons (Fsp3) is 0.0714. The highest BCUT2D eigenvalue weighted by atomic mass is 16.5. The van der Waals surface area contributed by atoms with Gasteiger partial charge in [0.05, 0.1) is 16.7 Å². The minimum atomic E-state index is 0.254. The van der Waals surface area contributed by atoms with Gasteiger partial charge in [-0.2, -0.15) is 4.68 Å². The predicted molar refractivity (Wildman–Crippen MR) is 137 cm³/mol. The van der Waals surface area contributed by atoms with E-state index < -0.39 is 0 Å². The van der Waals surface area contributed by atoms with Gasteiger partial charge in [0.25, 0.3) is 0 Å². The Kier molecular flexibility index (Phi) is 5.48. The number of rotatable bonds is 7. The zero-order valence-electron chi connectivity index (χ0n) is 18.9. The van der Waals surface area contributed by atoms with Crippen molar-refractivity contribution in [3.8, 4) is 5.75 Å². The molecule has 0 saturated carbocycles. The van der Waals surface area contributed by atoms with E-state index in [0.717, 1.165) is 45.4 Å². The molecule has 6 rings (SSSR count). The molecule has 3 aromatic heterocycles. The normalized spacial score (nSPS) is 11.5. The summed E-state index contributed by atoms with van der Waals surface area (Å²) in [6.07, 6.45) is 7.77. The van der Waals surface area contributed by atoms with Crippen LogP contribution in [0.15, 0.2) is 97.5 Å². The molecule has 0 atom stereocenters. The van der Waals surface area contributed by atoms with Gasteiger partial charge in [-0.25, -0.2) is 4.98 Å². The van der Waals surface area contributed by atoms with Gasteiger partial charge in [-0.1, -0.05) is 66.7 Å². The number of hydrogen-bond acceptors (Lipinski definition) is 5. The van der Waals surface area contributed by atoms with E-state index in [1.807, 2.05) is 36.4 Å². The van der Waals surface area contributed by atoms with Gasteiger partial charge in [0.2, 0.25) is 0 Å². The largest absolute Gasteiger partial charge is 0.469 e. The van der Waals surface area contributed by atoms with Crippen LogP contribution in [0.25, 0.3) is 34.0 Å². The first kappa shape index (κ1) is 20.8. The van der Waals surface area contributed by atoms with Gasteiger partial charge >= 0.3 is 0 Å². The van der Waals surface area contributed by atoms with Crippen LogP contribution in [-0.2, 0) is 13.3 Å². The third kappa shape index (κ3) is 4.52. The number of benzene rings is 3. The Balaban J connectivity index is 1.18. The van der Waals surface area contributed by atoms with E-state index in [2.05, 4.69) is 87.0 Å². The van der Waals surface area contributed by atoms with Gasteiger partial charge in [-0.3, -0.25) is 0 Å². The second-order valence-electron chi connectivity index (χ2n) is 8.26. The molecule has 0 spiro atoms. The molecule has 3 heterocycles.